The molecule has 2 N–H and O–H groups in total. The van der Waals surface area contributed by atoms with E-state index in [9.17, 15) is 4.79 Å². The minimum atomic E-state index is -0.393. The smallest absolute Gasteiger partial charge is 0.340 e. The van der Waals surface area contributed by atoms with Gasteiger partial charge in [0.05, 0.1) is 18.7 Å². The van der Waals surface area contributed by atoms with Crippen molar-refractivity contribution in [3.63, 3.8) is 0 Å². The first-order valence-corrected chi connectivity index (χ1v) is 10.1. The average molecular weight is 411 g/mol. The van der Waals surface area contributed by atoms with E-state index in [1.807, 2.05) is 43.3 Å². The van der Waals surface area contributed by atoms with E-state index in [1.54, 1.807) is 0 Å². The molecule has 3 aromatic rings. The summed E-state index contributed by atoms with van der Waals surface area (Å²) in [6.45, 7) is 4.10. The summed E-state index contributed by atoms with van der Waals surface area (Å²) in [6.07, 6.45) is 0. The fourth-order valence-electron chi connectivity index (χ4n) is 2.76. The van der Waals surface area contributed by atoms with Gasteiger partial charge in [0.15, 0.2) is 5.11 Å². The van der Waals surface area contributed by atoms with Crippen LogP contribution in [0.3, 0.4) is 0 Å². The van der Waals surface area contributed by atoms with E-state index in [0.717, 1.165) is 16.0 Å². The van der Waals surface area contributed by atoms with Crippen LogP contribution in [-0.2, 0) is 4.74 Å². The third kappa shape index (κ3) is 4.77. The summed E-state index contributed by atoms with van der Waals surface area (Å²) in [5.74, 6) is -0.393. The SMILES string of the molecule is COC(=O)c1cc(-c2ccccc2)sc1NC(=S)NC(C)c1ccc(C)cc1. The highest BCUT2D eigenvalue weighted by Gasteiger charge is 2.19. The zero-order valence-corrected chi connectivity index (χ0v) is 17.6. The first kappa shape index (κ1) is 20.0. The van der Waals surface area contributed by atoms with Crippen LogP contribution in [0.1, 0.15) is 34.5 Å². The molecule has 6 heteroatoms. The molecular weight excluding hydrogens is 388 g/mol. The van der Waals surface area contributed by atoms with Gasteiger partial charge in [-0.1, -0.05) is 60.2 Å². The van der Waals surface area contributed by atoms with Gasteiger partial charge in [-0.15, -0.1) is 11.3 Å². The number of esters is 1. The Labute approximate surface area is 174 Å². The Morgan fingerprint density at radius 3 is 2.43 bits per heavy atom. The second kappa shape index (κ2) is 8.99. The normalized spacial score (nSPS) is 11.5. The van der Waals surface area contributed by atoms with Gasteiger partial charge in [-0.25, -0.2) is 4.79 Å². The zero-order valence-electron chi connectivity index (χ0n) is 16.0. The van der Waals surface area contributed by atoms with Gasteiger partial charge in [0.1, 0.15) is 5.00 Å². The molecule has 0 aliphatic carbocycles. The van der Waals surface area contributed by atoms with Crippen molar-refractivity contribution in [1.82, 2.24) is 5.32 Å². The quantitative estimate of drug-likeness (QED) is 0.426. The van der Waals surface area contributed by atoms with Crippen LogP contribution in [0.2, 0.25) is 0 Å². The highest BCUT2D eigenvalue weighted by molar-refractivity contribution is 7.80. The maximum atomic E-state index is 12.2. The number of hydrogen-bond donors (Lipinski definition) is 2. The largest absolute Gasteiger partial charge is 0.465 e. The van der Waals surface area contributed by atoms with Gasteiger partial charge in [-0.2, -0.15) is 0 Å². The van der Waals surface area contributed by atoms with Crippen molar-refractivity contribution >= 4 is 39.6 Å². The fourth-order valence-corrected chi connectivity index (χ4v) is 4.16. The summed E-state index contributed by atoms with van der Waals surface area (Å²) in [4.78, 5) is 13.2. The number of thiophene rings is 1. The standard InChI is InChI=1S/C22H22N2O2S2/c1-14-9-11-16(12-10-14)15(2)23-22(27)24-20-18(21(25)26-3)13-19(28-20)17-7-5-4-6-8-17/h4-13,15H,1-3H3,(H2,23,24,27). The zero-order chi connectivity index (χ0) is 20.1. The molecule has 0 bridgehead atoms. The number of benzene rings is 2. The third-order valence-electron chi connectivity index (χ3n) is 4.35. The van der Waals surface area contributed by atoms with Gasteiger partial charge >= 0.3 is 5.97 Å². The molecule has 0 saturated carbocycles. The number of anilines is 1. The average Bonchev–Trinajstić information content (AvgIpc) is 3.12. The monoisotopic (exact) mass is 410 g/mol. The Hall–Kier alpha value is -2.70. The Morgan fingerprint density at radius 2 is 1.79 bits per heavy atom. The van der Waals surface area contributed by atoms with E-state index in [0.29, 0.717) is 15.7 Å². The van der Waals surface area contributed by atoms with Crippen LogP contribution in [0.5, 0.6) is 0 Å². The fraction of sp³-hybridized carbons (Fsp3) is 0.182. The number of thiocarbonyl (C=S) groups is 1. The molecule has 0 amide bonds. The molecule has 3 rings (SSSR count). The molecule has 0 aliphatic heterocycles. The Morgan fingerprint density at radius 1 is 1.11 bits per heavy atom. The summed E-state index contributed by atoms with van der Waals surface area (Å²) < 4.78 is 4.93. The number of nitrogens with one attached hydrogen (secondary N) is 2. The second-order valence-corrected chi connectivity index (χ2v) is 7.90. The molecule has 4 nitrogen and oxygen atoms in total. The maximum absolute atomic E-state index is 12.2. The summed E-state index contributed by atoms with van der Waals surface area (Å²) in [5, 5.41) is 7.56. The number of hydrogen-bond acceptors (Lipinski definition) is 4. The maximum Gasteiger partial charge on any atom is 0.340 e. The van der Waals surface area contributed by atoms with Crippen molar-refractivity contribution in [2.24, 2.45) is 0 Å². The molecule has 0 spiro atoms. The molecule has 0 saturated heterocycles. The van der Waals surface area contributed by atoms with Gasteiger partial charge in [0.25, 0.3) is 0 Å². The Bertz CT molecular complexity index is 966. The van der Waals surface area contributed by atoms with E-state index in [2.05, 4.69) is 41.8 Å². The molecule has 1 unspecified atom stereocenters. The minimum absolute atomic E-state index is 0.0377. The number of carbonyl (C=O) groups excluding carboxylic acids is 1. The van der Waals surface area contributed by atoms with Gasteiger partial charge in [-0.05, 0) is 43.3 Å². The van der Waals surface area contributed by atoms with Gasteiger partial charge in [-0.3, -0.25) is 0 Å². The van der Waals surface area contributed by atoms with Crippen molar-refractivity contribution in [3.8, 4) is 10.4 Å². The van der Waals surface area contributed by atoms with E-state index in [1.165, 1.54) is 24.0 Å². The van der Waals surface area contributed by atoms with Gasteiger partial charge in [0.2, 0.25) is 0 Å². The number of ether oxygens (including phenoxy) is 1. The number of methoxy groups -OCH3 is 1. The van der Waals surface area contributed by atoms with E-state index in [-0.39, 0.29) is 6.04 Å². The molecule has 1 heterocycles. The molecule has 0 aliphatic rings. The van der Waals surface area contributed by atoms with Crippen LogP contribution in [-0.4, -0.2) is 18.2 Å². The van der Waals surface area contributed by atoms with Crippen LogP contribution in [0.4, 0.5) is 5.00 Å². The summed E-state index contributed by atoms with van der Waals surface area (Å²) in [5.41, 5.74) is 3.86. The van der Waals surface area contributed by atoms with Crippen molar-refractivity contribution in [1.29, 1.82) is 0 Å². The molecule has 0 fully saturated rings. The van der Waals surface area contributed by atoms with Crippen LogP contribution in [0, 0.1) is 6.92 Å². The predicted molar refractivity (Wildman–Crippen MR) is 120 cm³/mol. The van der Waals surface area contributed by atoms with E-state index < -0.39 is 5.97 Å². The van der Waals surface area contributed by atoms with Gasteiger partial charge < -0.3 is 15.4 Å². The van der Waals surface area contributed by atoms with Crippen molar-refractivity contribution < 1.29 is 9.53 Å². The molecule has 2 aromatic carbocycles. The number of aryl methyl sites for hydroxylation is 1. The third-order valence-corrected chi connectivity index (χ3v) is 5.67. The number of carbonyl (C=O) groups is 1. The topological polar surface area (TPSA) is 50.4 Å². The van der Waals surface area contributed by atoms with Crippen LogP contribution in [0.25, 0.3) is 10.4 Å². The lowest BCUT2D eigenvalue weighted by Gasteiger charge is -2.17. The van der Waals surface area contributed by atoms with Crippen LogP contribution < -0.4 is 10.6 Å². The van der Waals surface area contributed by atoms with Crippen LogP contribution >= 0.6 is 23.6 Å². The molecular formula is C22H22N2O2S2. The lowest BCUT2D eigenvalue weighted by atomic mass is 10.1. The molecule has 1 atom stereocenters. The number of rotatable bonds is 5. The lowest BCUT2D eigenvalue weighted by molar-refractivity contribution is 0.0602. The molecule has 1 aromatic heterocycles. The summed E-state index contributed by atoms with van der Waals surface area (Å²) in [6, 6.07) is 20.1. The lowest BCUT2D eigenvalue weighted by Crippen LogP contribution is -2.31. The highest BCUT2D eigenvalue weighted by Crippen LogP contribution is 2.35. The van der Waals surface area contributed by atoms with Crippen molar-refractivity contribution in [2.45, 2.75) is 19.9 Å². The first-order chi connectivity index (χ1) is 13.5. The first-order valence-electron chi connectivity index (χ1n) is 8.89. The Kier molecular flexibility index (Phi) is 6.44. The molecule has 28 heavy (non-hydrogen) atoms. The second-order valence-electron chi connectivity index (χ2n) is 6.44. The Balaban J connectivity index is 1.78. The summed E-state index contributed by atoms with van der Waals surface area (Å²) >= 11 is 6.95. The molecule has 0 radical (unpaired) electrons. The van der Waals surface area contributed by atoms with Crippen molar-refractivity contribution in [2.75, 3.05) is 12.4 Å². The highest BCUT2D eigenvalue weighted by atomic mass is 32.1. The van der Waals surface area contributed by atoms with Crippen molar-refractivity contribution in [3.05, 3.63) is 77.4 Å². The van der Waals surface area contributed by atoms with Crippen LogP contribution in [0.15, 0.2) is 60.7 Å². The van der Waals surface area contributed by atoms with E-state index in [4.69, 9.17) is 17.0 Å². The van der Waals surface area contributed by atoms with Gasteiger partial charge in [0, 0.05) is 4.88 Å². The van der Waals surface area contributed by atoms with E-state index >= 15 is 0 Å². The minimum Gasteiger partial charge on any atom is -0.465 e. The molecule has 144 valence electrons. The summed E-state index contributed by atoms with van der Waals surface area (Å²) in [7, 11) is 1.38. The predicted octanol–water partition coefficient (Wildman–Crippen LogP) is 5.56.